The summed E-state index contributed by atoms with van der Waals surface area (Å²) in [5, 5.41) is 5.85. The highest BCUT2D eigenvalue weighted by molar-refractivity contribution is 6.04. The van der Waals surface area contributed by atoms with Crippen molar-refractivity contribution in [2.45, 2.75) is 26.1 Å². The highest BCUT2D eigenvalue weighted by Crippen LogP contribution is 2.32. The van der Waals surface area contributed by atoms with E-state index in [4.69, 9.17) is 4.98 Å². The number of anilines is 5. The van der Waals surface area contributed by atoms with Crippen LogP contribution in [0.1, 0.15) is 32.7 Å². The van der Waals surface area contributed by atoms with Crippen molar-refractivity contribution in [3.63, 3.8) is 0 Å². The Balaban J connectivity index is 1.12. The molecule has 6 rings (SSSR count). The van der Waals surface area contributed by atoms with Gasteiger partial charge in [-0.1, -0.05) is 6.07 Å². The Bertz CT molecular complexity index is 1700. The summed E-state index contributed by atoms with van der Waals surface area (Å²) in [7, 11) is 2.14. The molecule has 1 fully saturated rings. The molecule has 4 aromatic rings. The standard InChI is InChI=1S/C33H33F4N7O/c1-21-3-5-25(39-31(45)27-17-23(33(35,36)37)4-10-28(27)34)18-30(21)44-12-11-29-22(20-44)19-38-32(41-29)40-24-6-8-26(9-7-24)43-15-13-42(2)14-16-43/h3-10,17-19H,11-16,20H2,1-2H3,(H,39,45)(H,38,40,41). The van der Waals surface area contributed by atoms with Crippen LogP contribution < -0.4 is 20.4 Å². The van der Waals surface area contributed by atoms with Crippen LogP contribution in [0.25, 0.3) is 0 Å². The number of fused-ring (bicyclic) bond motifs is 1. The molecule has 2 aliphatic heterocycles. The van der Waals surface area contributed by atoms with Gasteiger partial charge in [0, 0.05) is 80.2 Å². The normalized spacial score (nSPS) is 15.5. The Morgan fingerprint density at radius 3 is 2.36 bits per heavy atom. The van der Waals surface area contributed by atoms with Gasteiger partial charge in [-0.25, -0.2) is 14.4 Å². The van der Waals surface area contributed by atoms with Crippen LogP contribution in [0, 0.1) is 12.7 Å². The van der Waals surface area contributed by atoms with Gasteiger partial charge in [0.2, 0.25) is 5.95 Å². The van der Waals surface area contributed by atoms with Gasteiger partial charge in [-0.05, 0) is 74.1 Å². The van der Waals surface area contributed by atoms with Crippen LogP contribution in [0.5, 0.6) is 0 Å². The molecule has 8 nitrogen and oxygen atoms in total. The van der Waals surface area contributed by atoms with Crippen molar-refractivity contribution in [1.82, 2.24) is 14.9 Å². The maximum atomic E-state index is 14.3. The number of amides is 1. The number of benzene rings is 3. The number of alkyl halides is 3. The fraction of sp³-hybridized carbons (Fsp3) is 0.303. The summed E-state index contributed by atoms with van der Waals surface area (Å²) in [5.74, 6) is -1.46. The first-order valence-corrected chi connectivity index (χ1v) is 14.7. The van der Waals surface area contributed by atoms with Gasteiger partial charge in [-0.3, -0.25) is 4.79 Å². The number of carbonyl (C=O) groups excluding carboxylic acids is 1. The number of aromatic nitrogens is 2. The molecule has 0 spiro atoms. The van der Waals surface area contributed by atoms with Crippen LogP contribution in [-0.2, 0) is 19.1 Å². The molecule has 2 N–H and O–H groups in total. The van der Waals surface area contributed by atoms with Gasteiger partial charge in [-0.15, -0.1) is 0 Å². The van der Waals surface area contributed by atoms with Crippen LogP contribution in [0.4, 0.5) is 46.3 Å². The van der Waals surface area contributed by atoms with Gasteiger partial charge in [0.1, 0.15) is 5.82 Å². The number of hydrogen-bond acceptors (Lipinski definition) is 7. The van der Waals surface area contributed by atoms with Gasteiger partial charge in [0.25, 0.3) is 5.91 Å². The molecule has 0 aliphatic carbocycles. The molecule has 1 saturated heterocycles. The van der Waals surface area contributed by atoms with Gasteiger partial charge in [-0.2, -0.15) is 13.2 Å². The molecule has 3 heterocycles. The van der Waals surface area contributed by atoms with Crippen molar-refractivity contribution in [1.29, 1.82) is 0 Å². The summed E-state index contributed by atoms with van der Waals surface area (Å²) < 4.78 is 53.7. The molecule has 234 valence electrons. The van der Waals surface area contributed by atoms with Gasteiger partial charge >= 0.3 is 6.18 Å². The van der Waals surface area contributed by atoms with E-state index in [0.29, 0.717) is 49.3 Å². The summed E-state index contributed by atoms with van der Waals surface area (Å²) in [6, 6.07) is 15.3. The highest BCUT2D eigenvalue weighted by Gasteiger charge is 2.32. The van der Waals surface area contributed by atoms with E-state index in [1.165, 1.54) is 5.69 Å². The summed E-state index contributed by atoms with van der Waals surface area (Å²) in [6.45, 7) is 7.23. The topological polar surface area (TPSA) is 76.6 Å². The fourth-order valence-electron chi connectivity index (χ4n) is 5.63. The number of halogens is 4. The predicted molar refractivity (Wildman–Crippen MR) is 167 cm³/mol. The van der Waals surface area contributed by atoms with Crippen molar-refractivity contribution in [2.24, 2.45) is 0 Å². The summed E-state index contributed by atoms with van der Waals surface area (Å²) in [5.41, 5.74) is 4.38. The number of likely N-dealkylation sites (N-methyl/N-ethyl adjacent to an activating group) is 1. The van der Waals surface area contributed by atoms with E-state index in [0.717, 1.165) is 54.4 Å². The van der Waals surface area contributed by atoms with Crippen molar-refractivity contribution >= 4 is 34.6 Å². The largest absolute Gasteiger partial charge is 0.416 e. The van der Waals surface area contributed by atoms with Gasteiger partial charge in [0.15, 0.2) is 0 Å². The number of aryl methyl sites for hydroxylation is 1. The number of hydrogen-bond donors (Lipinski definition) is 2. The second-order valence-corrected chi connectivity index (χ2v) is 11.4. The zero-order chi connectivity index (χ0) is 31.7. The van der Waals surface area contributed by atoms with Crippen LogP contribution in [0.15, 0.2) is 66.9 Å². The minimum Gasteiger partial charge on any atom is -0.369 e. The molecule has 1 aromatic heterocycles. The molecule has 0 bridgehead atoms. The lowest BCUT2D eigenvalue weighted by Gasteiger charge is -2.34. The Morgan fingerprint density at radius 1 is 0.889 bits per heavy atom. The number of rotatable bonds is 6. The second kappa shape index (κ2) is 12.4. The Labute approximate surface area is 258 Å². The van der Waals surface area contributed by atoms with E-state index < -0.39 is 29.0 Å². The number of carbonyl (C=O) groups is 1. The van der Waals surface area contributed by atoms with E-state index in [2.05, 4.69) is 49.5 Å². The maximum Gasteiger partial charge on any atom is 0.416 e. The molecule has 12 heteroatoms. The zero-order valence-corrected chi connectivity index (χ0v) is 25.0. The molecule has 0 unspecified atom stereocenters. The molecule has 1 amide bonds. The first-order chi connectivity index (χ1) is 21.5. The van der Waals surface area contributed by atoms with E-state index in [-0.39, 0.29) is 0 Å². The third-order valence-electron chi connectivity index (χ3n) is 8.27. The average molecular weight is 620 g/mol. The summed E-state index contributed by atoms with van der Waals surface area (Å²) in [4.78, 5) is 28.9. The summed E-state index contributed by atoms with van der Waals surface area (Å²) in [6.07, 6.45) is -2.21. The minimum absolute atomic E-state index is 0.345. The smallest absolute Gasteiger partial charge is 0.369 e. The van der Waals surface area contributed by atoms with Crippen molar-refractivity contribution in [3.05, 3.63) is 101 Å². The molecule has 45 heavy (non-hydrogen) atoms. The highest BCUT2D eigenvalue weighted by atomic mass is 19.4. The lowest BCUT2D eigenvalue weighted by Crippen LogP contribution is -2.44. The van der Waals surface area contributed by atoms with Crippen molar-refractivity contribution in [3.8, 4) is 0 Å². The third-order valence-corrected chi connectivity index (χ3v) is 8.27. The Morgan fingerprint density at radius 2 is 1.62 bits per heavy atom. The average Bonchev–Trinajstić information content (AvgIpc) is 3.02. The van der Waals surface area contributed by atoms with Crippen LogP contribution >= 0.6 is 0 Å². The maximum absolute atomic E-state index is 14.3. The van der Waals surface area contributed by atoms with Gasteiger partial charge < -0.3 is 25.3 Å². The van der Waals surface area contributed by atoms with Crippen LogP contribution in [0.3, 0.4) is 0 Å². The lowest BCUT2D eigenvalue weighted by atomic mass is 10.0. The second-order valence-electron chi connectivity index (χ2n) is 11.4. The molecule has 3 aromatic carbocycles. The number of nitrogens with zero attached hydrogens (tertiary/aromatic N) is 5. The van der Waals surface area contributed by atoms with Crippen LogP contribution in [0.2, 0.25) is 0 Å². The molecular weight excluding hydrogens is 586 g/mol. The fourth-order valence-corrected chi connectivity index (χ4v) is 5.63. The van der Waals surface area contributed by atoms with E-state index >= 15 is 0 Å². The molecular formula is C33H33F4N7O. The minimum atomic E-state index is -4.69. The van der Waals surface area contributed by atoms with Gasteiger partial charge in [0.05, 0.1) is 16.8 Å². The molecule has 0 atom stereocenters. The quantitative estimate of drug-likeness (QED) is 0.247. The van der Waals surface area contributed by atoms with E-state index in [9.17, 15) is 22.4 Å². The van der Waals surface area contributed by atoms with E-state index in [1.54, 1.807) is 12.1 Å². The molecule has 2 aliphatic rings. The zero-order valence-electron chi connectivity index (χ0n) is 25.0. The van der Waals surface area contributed by atoms with Crippen LogP contribution in [-0.4, -0.2) is 60.5 Å². The molecule has 0 saturated carbocycles. The SMILES string of the molecule is Cc1ccc(NC(=O)c2cc(C(F)(F)F)ccc2F)cc1N1CCc2nc(Nc3ccc(N4CCN(C)CC4)cc3)ncc2C1. The summed E-state index contributed by atoms with van der Waals surface area (Å²) >= 11 is 0. The Kier molecular flexibility index (Phi) is 8.32. The van der Waals surface area contributed by atoms with Crippen molar-refractivity contribution < 1.29 is 22.4 Å². The number of nitrogens with one attached hydrogen (secondary N) is 2. The first kappa shape index (κ1) is 30.3. The number of piperazine rings is 1. The molecule has 0 radical (unpaired) electrons. The first-order valence-electron chi connectivity index (χ1n) is 14.7. The Hall–Kier alpha value is -4.71. The third kappa shape index (κ3) is 6.85. The van der Waals surface area contributed by atoms with E-state index in [1.807, 2.05) is 31.3 Å². The lowest BCUT2D eigenvalue weighted by molar-refractivity contribution is -0.137. The monoisotopic (exact) mass is 619 g/mol. The van der Waals surface area contributed by atoms with Crippen molar-refractivity contribution in [2.75, 3.05) is 60.2 Å². The predicted octanol–water partition coefficient (Wildman–Crippen LogP) is 6.25.